The molecular weight excluding hydrogens is 431 g/mol. The van der Waals surface area contributed by atoms with Gasteiger partial charge >= 0.3 is 0 Å². The zero-order valence-corrected chi connectivity index (χ0v) is 16.6. The molecule has 0 N–H and O–H groups in total. The van der Waals surface area contributed by atoms with Crippen LogP contribution in [-0.2, 0) is 6.54 Å². The van der Waals surface area contributed by atoms with Gasteiger partial charge in [-0.1, -0.05) is 52.5 Å². The highest BCUT2D eigenvalue weighted by molar-refractivity contribution is 6.42. The molecule has 0 aliphatic heterocycles. The summed E-state index contributed by atoms with van der Waals surface area (Å²) in [7, 11) is 0. The Bertz CT molecular complexity index is 1150. The van der Waals surface area contributed by atoms with E-state index in [2.05, 4.69) is 9.97 Å². The molecule has 8 heteroatoms. The summed E-state index contributed by atoms with van der Waals surface area (Å²) in [6.07, 6.45) is 1.58. The van der Waals surface area contributed by atoms with Crippen molar-refractivity contribution in [2.45, 2.75) is 6.54 Å². The fourth-order valence-corrected chi connectivity index (χ4v) is 3.62. The van der Waals surface area contributed by atoms with Crippen LogP contribution in [0.25, 0.3) is 22.4 Å². The summed E-state index contributed by atoms with van der Waals surface area (Å²) in [5.74, 6) is 0.105. The Morgan fingerprint density at radius 1 is 0.926 bits per heavy atom. The molecule has 0 bridgehead atoms. The topological polar surface area (TPSA) is 30.7 Å². The number of hydrogen-bond donors (Lipinski definition) is 0. The normalized spacial score (nSPS) is 11.3. The van der Waals surface area contributed by atoms with Gasteiger partial charge in [0.05, 0.1) is 33.2 Å². The van der Waals surface area contributed by atoms with Crippen LogP contribution >= 0.6 is 46.4 Å². The van der Waals surface area contributed by atoms with E-state index in [9.17, 15) is 4.39 Å². The molecule has 0 spiro atoms. The number of imidazole rings is 1. The van der Waals surface area contributed by atoms with Crippen LogP contribution in [0.5, 0.6) is 0 Å². The van der Waals surface area contributed by atoms with Crippen molar-refractivity contribution < 1.29 is 4.39 Å². The molecule has 0 saturated carbocycles. The fraction of sp³-hybridized carbons (Fsp3) is 0.0526. The lowest BCUT2D eigenvalue weighted by Gasteiger charge is -2.12. The van der Waals surface area contributed by atoms with Gasteiger partial charge in [-0.25, -0.2) is 14.4 Å². The average molecular weight is 441 g/mol. The lowest BCUT2D eigenvalue weighted by Crippen LogP contribution is -2.05. The summed E-state index contributed by atoms with van der Waals surface area (Å²) in [4.78, 5) is 8.73. The van der Waals surface area contributed by atoms with E-state index in [1.165, 1.54) is 6.07 Å². The zero-order chi connectivity index (χ0) is 19.1. The van der Waals surface area contributed by atoms with Gasteiger partial charge in [0.2, 0.25) is 0 Å². The molecule has 2 aromatic carbocycles. The zero-order valence-electron chi connectivity index (χ0n) is 13.6. The lowest BCUT2D eigenvalue weighted by molar-refractivity contribution is 0.602. The third-order valence-electron chi connectivity index (χ3n) is 4.17. The van der Waals surface area contributed by atoms with Gasteiger partial charge in [-0.2, -0.15) is 0 Å². The molecule has 0 saturated heterocycles. The minimum absolute atomic E-state index is 0.139. The lowest BCUT2D eigenvalue weighted by atomic mass is 10.2. The van der Waals surface area contributed by atoms with Gasteiger partial charge in [-0.3, -0.25) is 0 Å². The van der Waals surface area contributed by atoms with Crippen LogP contribution in [0.3, 0.4) is 0 Å². The molecule has 0 radical (unpaired) electrons. The van der Waals surface area contributed by atoms with E-state index in [0.29, 0.717) is 43.1 Å². The Morgan fingerprint density at radius 3 is 2.44 bits per heavy atom. The second kappa shape index (κ2) is 7.28. The highest BCUT2D eigenvalue weighted by Gasteiger charge is 2.19. The first-order chi connectivity index (χ1) is 13.0. The molecule has 3 nitrogen and oxygen atoms in total. The quantitative estimate of drug-likeness (QED) is 0.324. The van der Waals surface area contributed by atoms with E-state index in [4.69, 9.17) is 46.4 Å². The Labute approximate surface area is 174 Å². The van der Waals surface area contributed by atoms with Crippen LogP contribution in [0.2, 0.25) is 20.2 Å². The van der Waals surface area contributed by atoms with E-state index in [1.807, 2.05) is 0 Å². The number of nitrogens with zero attached hydrogens (tertiary/aromatic N) is 3. The summed E-state index contributed by atoms with van der Waals surface area (Å²) in [6, 6.07) is 11.4. The van der Waals surface area contributed by atoms with Gasteiger partial charge < -0.3 is 4.57 Å². The molecule has 4 rings (SSSR count). The Morgan fingerprint density at radius 2 is 1.70 bits per heavy atom. The van der Waals surface area contributed by atoms with Crippen LogP contribution < -0.4 is 0 Å². The summed E-state index contributed by atoms with van der Waals surface area (Å²) in [5, 5.41) is 1.35. The Kier molecular flexibility index (Phi) is 4.99. The summed E-state index contributed by atoms with van der Waals surface area (Å²) in [6.45, 7) is 0.139. The maximum absolute atomic E-state index is 14.4. The molecule has 2 heterocycles. The van der Waals surface area contributed by atoms with E-state index in [1.54, 1.807) is 47.2 Å². The Balaban J connectivity index is 2.00. The van der Waals surface area contributed by atoms with Crippen molar-refractivity contribution in [3.05, 3.63) is 80.3 Å². The average Bonchev–Trinajstić information content (AvgIpc) is 2.96. The summed E-state index contributed by atoms with van der Waals surface area (Å²) >= 11 is 24.8. The SMILES string of the molecule is Fc1cccc(Cl)c1Cn1c(-c2cccnc2Cl)nc2cc(Cl)c(Cl)cc21. The van der Waals surface area contributed by atoms with Gasteiger partial charge in [0.25, 0.3) is 0 Å². The molecule has 0 amide bonds. The van der Waals surface area contributed by atoms with Gasteiger partial charge in [0, 0.05) is 16.8 Å². The van der Waals surface area contributed by atoms with E-state index >= 15 is 0 Å². The first-order valence-electron chi connectivity index (χ1n) is 7.84. The first kappa shape index (κ1) is 18.5. The second-order valence-corrected chi connectivity index (χ2v) is 7.40. The largest absolute Gasteiger partial charge is 0.319 e. The van der Waals surface area contributed by atoms with Gasteiger partial charge in [0.15, 0.2) is 0 Å². The van der Waals surface area contributed by atoms with Crippen LogP contribution in [0, 0.1) is 5.82 Å². The Hall–Kier alpha value is -1.85. The highest BCUT2D eigenvalue weighted by Crippen LogP contribution is 2.34. The van der Waals surface area contributed by atoms with E-state index in [0.717, 1.165) is 0 Å². The molecule has 2 aromatic heterocycles. The highest BCUT2D eigenvalue weighted by atomic mass is 35.5. The van der Waals surface area contributed by atoms with Crippen molar-refractivity contribution in [2.75, 3.05) is 0 Å². The van der Waals surface area contributed by atoms with Crippen LogP contribution in [0.15, 0.2) is 48.7 Å². The van der Waals surface area contributed by atoms with Crippen LogP contribution in [0.4, 0.5) is 4.39 Å². The second-order valence-electron chi connectivity index (χ2n) is 5.82. The number of rotatable bonds is 3. The summed E-state index contributed by atoms with van der Waals surface area (Å²) < 4.78 is 16.2. The van der Waals surface area contributed by atoms with Crippen molar-refractivity contribution in [3.63, 3.8) is 0 Å². The van der Waals surface area contributed by atoms with Gasteiger partial charge in [-0.15, -0.1) is 0 Å². The van der Waals surface area contributed by atoms with Crippen molar-refractivity contribution in [1.29, 1.82) is 0 Å². The molecule has 0 unspecified atom stereocenters. The minimum atomic E-state index is -0.410. The molecule has 136 valence electrons. The van der Waals surface area contributed by atoms with Crippen molar-refractivity contribution in [1.82, 2.24) is 14.5 Å². The molecule has 27 heavy (non-hydrogen) atoms. The monoisotopic (exact) mass is 439 g/mol. The van der Waals surface area contributed by atoms with Gasteiger partial charge in [0.1, 0.15) is 16.8 Å². The number of fused-ring (bicyclic) bond motifs is 1. The smallest absolute Gasteiger partial charge is 0.144 e. The van der Waals surface area contributed by atoms with Crippen LogP contribution in [-0.4, -0.2) is 14.5 Å². The van der Waals surface area contributed by atoms with E-state index < -0.39 is 5.82 Å². The van der Waals surface area contributed by atoms with Crippen molar-refractivity contribution in [2.24, 2.45) is 0 Å². The predicted octanol–water partition coefficient (Wildman–Crippen LogP) is 6.90. The molecule has 0 fully saturated rings. The standard InChI is InChI=1S/C19H10Cl4FN3/c20-12-4-1-5-15(24)11(12)9-27-17-8-14(22)13(21)7-16(17)26-19(27)10-3-2-6-25-18(10)23/h1-8H,9H2. The van der Waals surface area contributed by atoms with Gasteiger partial charge in [-0.05, 0) is 36.4 Å². The molecular formula is C19H10Cl4FN3. The van der Waals surface area contributed by atoms with E-state index in [-0.39, 0.29) is 11.7 Å². The number of aromatic nitrogens is 3. The first-order valence-corrected chi connectivity index (χ1v) is 9.36. The number of pyridine rings is 1. The predicted molar refractivity (Wildman–Crippen MR) is 109 cm³/mol. The number of benzene rings is 2. The third-order valence-corrected chi connectivity index (χ3v) is 5.55. The third kappa shape index (κ3) is 3.39. The minimum Gasteiger partial charge on any atom is -0.319 e. The maximum atomic E-state index is 14.4. The summed E-state index contributed by atoms with van der Waals surface area (Å²) in [5.41, 5.74) is 2.23. The molecule has 0 aliphatic carbocycles. The number of halogens is 5. The van der Waals surface area contributed by atoms with Crippen LogP contribution in [0.1, 0.15) is 5.56 Å². The fourth-order valence-electron chi connectivity index (χ4n) is 2.88. The maximum Gasteiger partial charge on any atom is 0.144 e. The molecule has 4 aromatic rings. The van der Waals surface area contributed by atoms with Crippen molar-refractivity contribution >= 4 is 57.4 Å². The molecule has 0 atom stereocenters. The van der Waals surface area contributed by atoms with Crippen molar-refractivity contribution in [3.8, 4) is 11.4 Å². The molecule has 0 aliphatic rings. The number of hydrogen-bond acceptors (Lipinski definition) is 2.